The maximum Gasteiger partial charge on any atom is -0.0194 e. The summed E-state index contributed by atoms with van der Waals surface area (Å²) >= 11 is 0. The van der Waals surface area contributed by atoms with Crippen LogP contribution in [0.5, 0.6) is 0 Å². The zero-order valence-corrected chi connectivity index (χ0v) is 10.8. The quantitative estimate of drug-likeness (QED) is 0.684. The van der Waals surface area contributed by atoms with Crippen LogP contribution in [0.3, 0.4) is 0 Å². The first-order chi connectivity index (χ1) is 8.88. The molecule has 0 nitrogen and oxygen atoms in total. The average Bonchev–Trinajstić information content (AvgIpc) is 2.45. The van der Waals surface area contributed by atoms with E-state index < -0.39 is 0 Å². The van der Waals surface area contributed by atoms with Gasteiger partial charge in [-0.1, -0.05) is 67.6 Å². The lowest BCUT2D eigenvalue weighted by Crippen LogP contribution is -2.02. The van der Waals surface area contributed by atoms with Gasteiger partial charge in [-0.2, -0.15) is 0 Å². The van der Waals surface area contributed by atoms with Crippen molar-refractivity contribution in [3.8, 4) is 0 Å². The molecule has 18 heavy (non-hydrogen) atoms. The molecule has 0 aliphatic carbocycles. The average molecular weight is 236 g/mol. The van der Waals surface area contributed by atoms with E-state index in [1.807, 2.05) is 0 Å². The lowest BCUT2D eigenvalue weighted by molar-refractivity contribution is 0.737. The van der Waals surface area contributed by atoms with Crippen LogP contribution in [0.15, 0.2) is 60.7 Å². The summed E-state index contributed by atoms with van der Waals surface area (Å²) in [6.07, 6.45) is 4.26. The van der Waals surface area contributed by atoms with Gasteiger partial charge in [0.15, 0.2) is 0 Å². The Kier molecular flexibility index (Phi) is 5.01. The Hall–Kier alpha value is -1.56. The zero-order chi connectivity index (χ0) is 12.6. The molecule has 0 unspecified atom stereocenters. The first kappa shape index (κ1) is 12.9. The third kappa shape index (κ3) is 4.03. The Labute approximate surface area is 111 Å². The van der Waals surface area contributed by atoms with Crippen molar-refractivity contribution in [1.82, 2.24) is 0 Å². The van der Waals surface area contributed by atoms with E-state index in [1.165, 1.54) is 17.0 Å². The monoisotopic (exact) mass is 236 g/mol. The molecule has 0 aliphatic heterocycles. The van der Waals surface area contributed by atoms with Gasteiger partial charge in [-0.3, -0.25) is 0 Å². The SMILES string of the molecule is [CH2]C[C](CCc1ccccc1)Cc1ccccc1. The minimum atomic E-state index is 0.932. The standard InChI is InChI=1S/C18H20/c1-2-16(15-18-11-7-4-8-12-18)13-14-17-9-5-3-6-10-17/h3-12H,1-2,13-15H2. The smallest absolute Gasteiger partial charge is 0.0194 e. The molecule has 2 radical (unpaired) electrons. The summed E-state index contributed by atoms with van der Waals surface area (Å²) < 4.78 is 0. The van der Waals surface area contributed by atoms with Crippen molar-refractivity contribution in [3.63, 3.8) is 0 Å². The van der Waals surface area contributed by atoms with Crippen LogP contribution in [0.1, 0.15) is 24.0 Å². The fourth-order valence-corrected chi connectivity index (χ4v) is 2.15. The van der Waals surface area contributed by atoms with Gasteiger partial charge < -0.3 is 0 Å². The molecule has 0 heterocycles. The van der Waals surface area contributed by atoms with Crippen molar-refractivity contribution in [2.45, 2.75) is 25.7 Å². The Balaban J connectivity index is 1.86. The Morgan fingerprint density at radius 3 is 1.89 bits per heavy atom. The van der Waals surface area contributed by atoms with Gasteiger partial charge in [-0.05, 0) is 42.7 Å². The molecule has 0 aromatic heterocycles. The van der Waals surface area contributed by atoms with Gasteiger partial charge in [0.1, 0.15) is 0 Å². The fourth-order valence-electron chi connectivity index (χ4n) is 2.15. The molecule has 0 atom stereocenters. The molecule has 0 heteroatoms. The van der Waals surface area contributed by atoms with E-state index in [2.05, 4.69) is 67.6 Å². The van der Waals surface area contributed by atoms with Gasteiger partial charge in [0.25, 0.3) is 0 Å². The van der Waals surface area contributed by atoms with Crippen molar-refractivity contribution in [3.05, 3.63) is 84.6 Å². The number of rotatable bonds is 6. The summed E-state index contributed by atoms with van der Waals surface area (Å²) in [5, 5.41) is 0. The van der Waals surface area contributed by atoms with E-state index in [0.717, 1.165) is 25.7 Å². The second-order valence-electron chi connectivity index (χ2n) is 4.65. The van der Waals surface area contributed by atoms with Crippen LogP contribution in [0.2, 0.25) is 0 Å². The molecule has 2 aromatic carbocycles. The minimum absolute atomic E-state index is 0.932. The summed E-state index contributed by atoms with van der Waals surface area (Å²) in [6.45, 7) is 4.06. The van der Waals surface area contributed by atoms with Gasteiger partial charge in [-0.15, -0.1) is 0 Å². The number of aryl methyl sites for hydroxylation is 1. The summed E-state index contributed by atoms with van der Waals surface area (Å²) in [5.74, 6) is 1.53. The molecule has 2 aromatic rings. The highest BCUT2D eigenvalue weighted by molar-refractivity contribution is 5.21. The van der Waals surface area contributed by atoms with E-state index in [0.29, 0.717) is 0 Å². The van der Waals surface area contributed by atoms with E-state index in [1.54, 1.807) is 0 Å². The Bertz CT molecular complexity index is 430. The molecular weight excluding hydrogens is 216 g/mol. The maximum absolute atomic E-state index is 4.06. The number of hydrogen-bond acceptors (Lipinski definition) is 0. The molecule has 0 fully saturated rings. The van der Waals surface area contributed by atoms with E-state index in [9.17, 15) is 0 Å². The summed E-state index contributed by atoms with van der Waals surface area (Å²) in [4.78, 5) is 0. The summed E-state index contributed by atoms with van der Waals surface area (Å²) in [6, 6.07) is 21.3. The summed E-state index contributed by atoms with van der Waals surface area (Å²) in [5.41, 5.74) is 2.81. The lowest BCUT2D eigenvalue weighted by Gasteiger charge is -2.14. The first-order valence-electron chi connectivity index (χ1n) is 6.59. The van der Waals surface area contributed by atoms with Crippen LogP contribution in [-0.2, 0) is 12.8 Å². The van der Waals surface area contributed by atoms with Gasteiger partial charge in [0.2, 0.25) is 0 Å². The fraction of sp³-hybridized carbons (Fsp3) is 0.222. The lowest BCUT2D eigenvalue weighted by atomic mass is 9.91. The topological polar surface area (TPSA) is 0 Å². The molecule has 92 valence electrons. The number of hydrogen-bond donors (Lipinski definition) is 0. The summed E-state index contributed by atoms with van der Waals surface area (Å²) in [7, 11) is 0. The predicted octanol–water partition coefficient (Wildman–Crippen LogP) is 4.66. The molecule has 0 aliphatic rings. The van der Waals surface area contributed by atoms with Gasteiger partial charge in [0.05, 0.1) is 0 Å². The van der Waals surface area contributed by atoms with Crippen LogP contribution in [0, 0.1) is 12.8 Å². The Morgan fingerprint density at radius 1 is 0.778 bits per heavy atom. The van der Waals surface area contributed by atoms with E-state index in [4.69, 9.17) is 0 Å². The molecule has 0 saturated carbocycles. The normalized spacial score (nSPS) is 10.8. The molecule has 0 bridgehead atoms. The molecule has 2 rings (SSSR count). The molecule has 0 amide bonds. The van der Waals surface area contributed by atoms with Crippen molar-refractivity contribution in [2.75, 3.05) is 0 Å². The number of benzene rings is 2. The van der Waals surface area contributed by atoms with Crippen LogP contribution in [0.4, 0.5) is 0 Å². The van der Waals surface area contributed by atoms with Gasteiger partial charge in [-0.25, -0.2) is 0 Å². The largest absolute Gasteiger partial charge is 0.0622 e. The Morgan fingerprint density at radius 2 is 1.33 bits per heavy atom. The molecule has 0 N–H and O–H groups in total. The molecule has 0 spiro atoms. The van der Waals surface area contributed by atoms with Crippen LogP contribution in [0.25, 0.3) is 0 Å². The highest BCUT2D eigenvalue weighted by Crippen LogP contribution is 2.20. The van der Waals surface area contributed by atoms with E-state index in [-0.39, 0.29) is 0 Å². The van der Waals surface area contributed by atoms with Crippen LogP contribution < -0.4 is 0 Å². The second-order valence-corrected chi connectivity index (χ2v) is 4.65. The van der Waals surface area contributed by atoms with Crippen molar-refractivity contribution >= 4 is 0 Å². The van der Waals surface area contributed by atoms with Crippen molar-refractivity contribution in [2.24, 2.45) is 0 Å². The molecule has 0 saturated heterocycles. The van der Waals surface area contributed by atoms with Crippen molar-refractivity contribution in [1.29, 1.82) is 0 Å². The molecular formula is C18H20. The highest BCUT2D eigenvalue weighted by atomic mass is 14.1. The predicted molar refractivity (Wildman–Crippen MR) is 78.1 cm³/mol. The minimum Gasteiger partial charge on any atom is -0.0622 e. The van der Waals surface area contributed by atoms with Crippen molar-refractivity contribution < 1.29 is 0 Å². The van der Waals surface area contributed by atoms with Crippen LogP contribution >= 0.6 is 0 Å². The van der Waals surface area contributed by atoms with Gasteiger partial charge >= 0.3 is 0 Å². The highest BCUT2D eigenvalue weighted by Gasteiger charge is 2.08. The first-order valence-corrected chi connectivity index (χ1v) is 6.59. The van der Waals surface area contributed by atoms with Gasteiger partial charge in [0, 0.05) is 0 Å². The van der Waals surface area contributed by atoms with E-state index >= 15 is 0 Å². The third-order valence-corrected chi connectivity index (χ3v) is 3.26. The maximum atomic E-state index is 4.06. The zero-order valence-electron chi connectivity index (χ0n) is 10.8. The third-order valence-electron chi connectivity index (χ3n) is 3.26. The second kappa shape index (κ2) is 7.00. The van der Waals surface area contributed by atoms with Crippen LogP contribution in [-0.4, -0.2) is 0 Å².